The maximum atomic E-state index is 8.79. The van der Waals surface area contributed by atoms with E-state index in [1.165, 1.54) is 32.1 Å². The van der Waals surface area contributed by atoms with Crippen LogP contribution in [0.5, 0.6) is 0 Å². The Morgan fingerprint density at radius 1 is 0.741 bits per heavy atom. The van der Waals surface area contributed by atoms with E-state index >= 15 is 0 Å². The summed E-state index contributed by atoms with van der Waals surface area (Å²) in [5, 5.41) is 17.6. The first-order valence-corrected chi connectivity index (χ1v) is 9.86. The number of aliphatic hydroxyl groups is 2. The van der Waals surface area contributed by atoms with E-state index in [0.717, 1.165) is 50.7 Å². The SMILES string of the molecule is C.C#C.CCOCC1CCC(CC)CC1.OCC1CCC(CO)CC1.[K+].[OH-]. The van der Waals surface area contributed by atoms with Crippen LogP contribution >= 0.6 is 0 Å². The average molecular weight is 413 g/mol. The summed E-state index contributed by atoms with van der Waals surface area (Å²) in [5.41, 5.74) is 0. The molecule has 2 saturated carbocycles. The summed E-state index contributed by atoms with van der Waals surface area (Å²) in [6.45, 7) is 6.95. The van der Waals surface area contributed by atoms with Crippen LogP contribution in [0, 0.1) is 36.5 Å². The Labute approximate surface area is 212 Å². The van der Waals surface area contributed by atoms with Crippen LogP contribution in [0.15, 0.2) is 0 Å². The zero-order valence-corrected chi connectivity index (χ0v) is 20.5. The molecule has 2 rings (SSSR count). The summed E-state index contributed by atoms with van der Waals surface area (Å²) >= 11 is 0. The quantitative estimate of drug-likeness (QED) is 0.514. The topological polar surface area (TPSA) is 79.7 Å². The number of terminal acetylenes is 1. The van der Waals surface area contributed by atoms with Crippen molar-refractivity contribution in [2.75, 3.05) is 26.4 Å². The summed E-state index contributed by atoms with van der Waals surface area (Å²) in [4.78, 5) is 0. The van der Waals surface area contributed by atoms with Crippen LogP contribution in [-0.4, -0.2) is 42.1 Å². The van der Waals surface area contributed by atoms with E-state index < -0.39 is 0 Å². The Morgan fingerprint density at radius 3 is 1.37 bits per heavy atom. The molecule has 2 fully saturated rings. The summed E-state index contributed by atoms with van der Waals surface area (Å²) in [6, 6.07) is 0. The first-order chi connectivity index (χ1) is 11.7. The molecule has 0 saturated heterocycles. The number of aliphatic hydroxyl groups excluding tert-OH is 2. The standard InChI is InChI=1S/C11H22O.C8H16O2.C2H2.CH4.K.H2O/c1-3-10-5-7-11(8-6-10)9-12-4-2;9-5-7-1-2-8(6-10)4-3-7;1-2;;;/h10-11H,3-9H2,1-2H3;7-10H,1-6H2;1-2H;1H4;;1H2/q;;;;+1;/p-1. The molecule has 4 nitrogen and oxygen atoms in total. The molecule has 5 heteroatoms. The van der Waals surface area contributed by atoms with E-state index in [1.54, 1.807) is 0 Å². The van der Waals surface area contributed by atoms with Crippen molar-refractivity contribution in [1.29, 1.82) is 0 Å². The van der Waals surface area contributed by atoms with Crippen molar-refractivity contribution >= 4 is 0 Å². The van der Waals surface area contributed by atoms with Gasteiger partial charge in [-0.25, -0.2) is 0 Å². The molecule has 158 valence electrons. The molecule has 0 heterocycles. The van der Waals surface area contributed by atoms with Crippen LogP contribution in [-0.2, 0) is 4.74 Å². The maximum Gasteiger partial charge on any atom is 1.00 e. The molecule has 0 spiro atoms. The molecule has 2 aliphatic rings. The normalized spacial score (nSPS) is 26.3. The van der Waals surface area contributed by atoms with Crippen LogP contribution in [0.25, 0.3) is 0 Å². The summed E-state index contributed by atoms with van der Waals surface area (Å²) in [6.07, 6.45) is 19.5. The molecule has 0 atom stereocenters. The number of hydrogen-bond donors (Lipinski definition) is 2. The van der Waals surface area contributed by atoms with E-state index in [2.05, 4.69) is 26.7 Å². The van der Waals surface area contributed by atoms with E-state index in [-0.39, 0.29) is 64.3 Å². The second-order valence-electron chi connectivity index (χ2n) is 7.21. The van der Waals surface area contributed by atoms with Gasteiger partial charge in [0, 0.05) is 26.4 Å². The molecule has 0 amide bonds. The van der Waals surface area contributed by atoms with Gasteiger partial charge in [-0.05, 0) is 69.1 Å². The Morgan fingerprint density at radius 2 is 1.07 bits per heavy atom. The predicted molar refractivity (Wildman–Crippen MR) is 110 cm³/mol. The molecule has 0 aliphatic heterocycles. The van der Waals surface area contributed by atoms with Gasteiger partial charge in [0.25, 0.3) is 0 Å². The molecule has 0 unspecified atom stereocenters. The molecule has 0 aromatic rings. The third-order valence-corrected chi connectivity index (χ3v) is 5.58. The number of ether oxygens (including phenoxy) is 1. The summed E-state index contributed by atoms with van der Waals surface area (Å²) in [5.74, 6) is 2.92. The fraction of sp³-hybridized carbons (Fsp3) is 0.909. The minimum Gasteiger partial charge on any atom is -0.870 e. The third kappa shape index (κ3) is 17.6. The molecule has 27 heavy (non-hydrogen) atoms. The molecule has 2 aliphatic carbocycles. The van der Waals surface area contributed by atoms with Gasteiger partial charge < -0.3 is 20.4 Å². The monoisotopic (exact) mass is 412 g/mol. The third-order valence-electron chi connectivity index (χ3n) is 5.58. The number of hydrogen-bond acceptors (Lipinski definition) is 4. The minimum absolute atomic E-state index is 0. The Hall–Kier alpha value is 1.04. The van der Waals surface area contributed by atoms with Gasteiger partial charge in [0.1, 0.15) is 0 Å². The Bertz CT molecular complexity index is 271. The summed E-state index contributed by atoms with van der Waals surface area (Å²) < 4.78 is 5.44. The molecular formula is C22H45KO4. The zero-order chi connectivity index (χ0) is 18.2. The fourth-order valence-corrected chi connectivity index (χ4v) is 3.69. The predicted octanol–water partition coefficient (Wildman–Crippen LogP) is 1.73. The van der Waals surface area contributed by atoms with Gasteiger partial charge in [-0.2, -0.15) is 0 Å². The minimum atomic E-state index is 0. The summed E-state index contributed by atoms with van der Waals surface area (Å²) in [7, 11) is 0. The van der Waals surface area contributed by atoms with Crippen LogP contribution in [0.4, 0.5) is 0 Å². The molecular weight excluding hydrogens is 367 g/mol. The van der Waals surface area contributed by atoms with Crippen LogP contribution in [0.2, 0.25) is 0 Å². The van der Waals surface area contributed by atoms with Gasteiger partial charge in [-0.3, -0.25) is 0 Å². The molecule has 0 aromatic carbocycles. The van der Waals surface area contributed by atoms with Crippen molar-refractivity contribution in [2.45, 2.75) is 79.1 Å². The Kier molecular flexibility index (Phi) is 32.9. The molecule has 0 aromatic heterocycles. The van der Waals surface area contributed by atoms with E-state index in [0.29, 0.717) is 25.0 Å². The van der Waals surface area contributed by atoms with Gasteiger partial charge in [0.15, 0.2) is 0 Å². The van der Waals surface area contributed by atoms with Gasteiger partial charge in [0.05, 0.1) is 0 Å². The molecule has 0 bridgehead atoms. The van der Waals surface area contributed by atoms with Gasteiger partial charge >= 0.3 is 51.4 Å². The maximum absolute atomic E-state index is 8.79. The van der Waals surface area contributed by atoms with Gasteiger partial charge in [-0.15, -0.1) is 12.8 Å². The molecule has 0 radical (unpaired) electrons. The van der Waals surface area contributed by atoms with Gasteiger partial charge in [0.2, 0.25) is 0 Å². The van der Waals surface area contributed by atoms with E-state index in [1.807, 2.05) is 0 Å². The van der Waals surface area contributed by atoms with Crippen molar-refractivity contribution in [3.8, 4) is 12.8 Å². The first-order valence-electron chi connectivity index (χ1n) is 9.86. The van der Waals surface area contributed by atoms with Crippen molar-refractivity contribution in [1.82, 2.24) is 0 Å². The molecule has 3 N–H and O–H groups in total. The fourth-order valence-electron chi connectivity index (χ4n) is 3.69. The second kappa shape index (κ2) is 25.1. The second-order valence-corrected chi connectivity index (χ2v) is 7.21. The smallest absolute Gasteiger partial charge is 0.870 e. The van der Waals surface area contributed by atoms with Crippen molar-refractivity contribution in [3.63, 3.8) is 0 Å². The van der Waals surface area contributed by atoms with E-state index in [4.69, 9.17) is 14.9 Å². The van der Waals surface area contributed by atoms with Crippen LogP contribution < -0.4 is 51.4 Å². The van der Waals surface area contributed by atoms with Crippen molar-refractivity contribution < 1.29 is 71.8 Å². The zero-order valence-electron chi connectivity index (χ0n) is 17.4. The van der Waals surface area contributed by atoms with Crippen molar-refractivity contribution in [2.24, 2.45) is 23.7 Å². The van der Waals surface area contributed by atoms with Crippen LogP contribution in [0.3, 0.4) is 0 Å². The first kappa shape index (κ1) is 35.5. The van der Waals surface area contributed by atoms with E-state index in [9.17, 15) is 0 Å². The number of rotatable bonds is 6. The van der Waals surface area contributed by atoms with Gasteiger partial charge in [-0.1, -0.05) is 33.6 Å². The largest absolute Gasteiger partial charge is 1.00 e. The average Bonchev–Trinajstić information content (AvgIpc) is 2.69. The Balaban J connectivity index is -0.000000164. The van der Waals surface area contributed by atoms with Crippen molar-refractivity contribution in [3.05, 3.63) is 0 Å². The van der Waals surface area contributed by atoms with Crippen LogP contribution in [0.1, 0.15) is 79.1 Å².